The van der Waals surface area contributed by atoms with Crippen molar-refractivity contribution in [3.63, 3.8) is 0 Å². The molecule has 14 aromatic carbocycles. The molecule has 0 unspecified atom stereocenters. The van der Waals surface area contributed by atoms with Crippen molar-refractivity contribution in [2.75, 3.05) is 9.80 Å². The summed E-state index contributed by atoms with van der Waals surface area (Å²) >= 11 is 0. The van der Waals surface area contributed by atoms with E-state index in [1.54, 1.807) is 4.57 Å². The number of hydrogen-bond donors (Lipinski definition) is 0. The number of para-hydroxylation sites is 4. The lowest BCUT2D eigenvalue weighted by Crippen LogP contribution is -2.61. The Morgan fingerprint density at radius 3 is 1.29 bits per heavy atom. The standard InChI is InChI=1S/C104H93BN4O/c1-100(2,3)72-34-26-33-66(52-72)70-51-69(65-31-20-17-21-32-65)55-77(56-70)107-93-57-67(64-29-18-16-19-30-64)43-47-85(93)105-86-48-44-68(71-53-75(103(10,11)12)59-76(54-71)104(13,14)15)58-94(86)109(96-63-78(62-95(107)97(96)105)106-87-39-24-22-35-79(87)80-36-23-25-40-88(80)106)92-42-28-38-82-81-37-27-41-91(98(81)110-99(82)92)108-89-49-45-73(101(4,5)6)60-83(89)84-61-74(102(7,8)9)46-50-90(84)108/h16-63H,1-15H3/i16D,18D,19D,22D,23D,24D,25D,29D,30D,35D,36D,39D,40D. The first kappa shape index (κ1) is 55.5. The number of fused-ring (bicyclic) bond motifs is 13. The van der Waals surface area contributed by atoms with Crippen LogP contribution in [0.15, 0.2) is 295 Å². The van der Waals surface area contributed by atoms with Gasteiger partial charge in [0.25, 0.3) is 6.71 Å². The quantitative estimate of drug-likeness (QED) is 0.142. The maximum atomic E-state index is 10.2. The van der Waals surface area contributed by atoms with Gasteiger partial charge in [-0.3, -0.25) is 0 Å². The topological polar surface area (TPSA) is 29.5 Å². The second-order valence-electron chi connectivity index (χ2n) is 35.3. The Balaban J connectivity index is 1.00. The minimum atomic E-state index is -0.710. The van der Waals surface area contributed by atoms with Crippen molar-refractivity contribution in [3.05, 3.63) is 319 Å². The Hall–Kier alpha value is -11.9. The van der Waals surface area contributed by atoms with Crippen LogP contribution < -0.4 is 26.2 Å². The third kappa shape index (κ3) is 11.3. The predicted molar refractivity (Wildman–Crippen MR) is 472 cm³/mol. The lowest BCUT2D eigenvalue weighted by atomic mass is 9.33. The summed E-state index contributed by atoms with van der Waals surface area (Å²) in [6.45, 7) is 32.7. The first-order chi connectivity index (χ1) is 58.1. The molecule has 19 rings (SSSR count). The summed E-state index contributed by atoms with van der Waals surface area (Å²) in [5, 5.41) is 3.72. The Morgan fingerprint density at radius 2 is 0.718 bits per heavy atom. The van der Waals surface area contributed by atoms with E-state index in [-0.39, 0.29) is 72.2 Å². The summed E-state index contributed by atoms with van der Waals surface area (Å²) < 4.78 is 136. The fourth-order valence-electron chi connectivity index (χ4n) is 16.9. The molecule has 0 fully saturated rings. The molecule has 0 saturated carbocycles. The molecule has 3 aromatic heterocycles. The minimum Gasteiger partial charge on any atom is -0.452 e. The van der Waals surface area contributed by atoms with Crippen LogP contribution >= 0.6 is 0 Å². The summed E-state index contributed by atoms with van der Waals surface area (Å²) in [6.07, 6.45) is 0. The Kier molecular flexibility index (Phi) is 12.5. The number of anilines is 6. The maximum Gasteiger partial charge on any atom is 0.252 e. The van der Waals surface area contributed by atoms with Crippen molar-refractivity contribution in [1.82, 2.24) is 9.13 Å². The van der Waals surface area contributed by atoms with Gasteiger partial charge in [-0.15, -0.1) is 0 Å². The Morgan fingerprint density at radius 1 is 0.264 bits per heavy atom. The van der Waals surface area contributed by atoms with Gasteiger partial charge in [0.05, 0.1) is 56.9 Å². The molecule has 0 bridgehead atoms. The molecule has 0 N–H and O–H groups in total. The van der Waals surface area contributed by atoms with Gasteiger partial charge in [-0.25, -0.2) is 0 Å². The molecule has 0 aliphatic carbocycles. The highest BCUT2D eigenvalue weighted by atomic mass is 16.3. The van der Waals surface area contributed by atoms with Crippen LogP contribution in [0.1, 0.15) is 149 Å². The lowest BCUT2D eigenvalue weighted by Gasteiger charge is -2.44. The highest BCUT2D eigenvalue weighted by Gasteiger charge is 2.45. The monoisotopic (exact) mass is 1440 g/mol. The van der Waals surface area contributed by atoms with E-state index in [2.05, 4.69) is 282 Å². The highest BCUT2D eigenvalue weighted by Crippen LogP contribution is 2.52. The van der Waals surface area contributed by atoms with Gasteiger partial charge in [0.1, 0.15) is 0 Å². The fourth-order valence-corrected chi connectivity index (χ4v) is 16.9. The van der Waals surface area contributed by atoms with Crippen LogP contribution in [0.4, 0.5) is 34.1 Å². The number of benzene rings is 14. The number of rotatable bonds is 8. The van der Waals surface area contributed by atoms with Crippen molar-refractivity contribution < 1.29 is 22.2 Å². The lowest BCUT2D eigenvalue weighted by molar-refractivity contribution is 0.569. The molecule has 2 aliphatic heterocycles. The van der Waals surface area contributed by atoms with Crippen molar-refractivity contribution in [3.8, 4) is 55.9 Å². The molecule has 5 heterocycles. The summed E-state index contributed by atoms with van der Waals surface area (Å²) in [5.41, 5.74) is 20.7. The molecular formula is C104H93BN4O. The first-order valence-electron chi connectivity index (χ1n) is 44.7. The summed E-state index contributed by atoms with van der Waals surface area (Å²) in [4.78, 5) is 4.42. The van der Waals surface area contributed by atoms with E-state index in [0.717, 1.165) is 110 Å². The molecule has 5 nitrogen and oxygen atoms in total. The molecule has 2 aliphatic rings. The van der Waals surface area contributed by atoms with E-state index < -0.39 is 73.2 Å². The van der Waals surface area contributed by atoms with Crippen LogP contribution in [0, 0.1) is 0 Å². The number of nitrogens with zero attached hydrogens (tertiary/aromatic N) is 4. The molecule has 0 saturated heterocycles. The van der Waals surface area contributed by atoms with Gasteiger partial charge in [0.2, 0.25) is 0 Å². The van der Waals surface area contributed by atoms with E-state index in [1.165, 1.54) is 11.1 Å². The molecule has 110 heavy (non-hydrogen) atoms. The number of hydrogen-bond acceptors (Lipinski definition) is 3. The Bertz CT molecular complexity index is 7260. The number of aromatic nitrogens is 2. The van der Waals surface area contributed by atoms with Crippen LogP contribution in [0.25, 0.3) is 121 Å². The Labute approximate surface area is 666 Å². The summed E-state index contributed by atoms with van der Waals surface area (Å²) in [6, 6.07) is 68.2. The van der Waals surface area contributed by atoms with Crippen LogP contribution in [0.5, 0.6) is 0 Å². The van der Waals surface area contributed by atoms with Gasteiger partial charge in [0, 0.05) is 60.8 Å². The molecular weight excluding hydrogens is 1330 g/mol. The second kappa shape index (κ2) is 24.8. The number of furan rings is 1. The fraction of sp³-hybridized carbons (Fsp3) is 0.192. The second-order valence-corrected chi connectivity index (χ2v) is 35.3. The highest BCUT2D eigenvalue weighted by molar-refractivity contribution is 7.00. The van der Waals surface area contributed by atoms with E-state index in [0.29, 0.717) is 45.2 Å². The van der Waals surface area contributed by atoms with Crippen LogP contribution in [-0.2, 0) is 27.1 Å². The first-order valence-corrected chi connectivity index (χ1v) is 38.2. The van der Waals surface area contributed by atoms with Crippen LogP contribution in [0.3, 0.4) is 0 Å². The van der Waals surface area contributed by atoms with Gasteiger partial charge >= 0.3 is 0 Å². The SMILES string of the molecule is [2H]c1c([2H])c([2H])c(-c2ccc3c(c2)N(c2cc(-c4ccccc4)cc(-c4cccc(C(C)(C)C)c4)c2)c2cc(-n4c5c([2H])c([2H])c([2H])c([2H])c5c5c([2H])c([2H])c([2H])c([2H])c54)cc4c2B3c2ccc(-c3cc(C(C)(C)C)cc(C(C)(C)C)c3)cc2N4c2cccc3c2oc2c(-n4c5ccc(C(C)(C)C)cc5c5cc(C(C)(C)C)ccc54)cccc23)c([2H])c1[2H]. The van der Waals surface area contributed by atoms with Crippen molar-refractivity contribution in [1.29, 1.82) is 0 Å². The largest absolute Gasteiger partial charge is 0.452 e. The zero-order valence-electron chi connectivity index (χ0n) is 78.0. The smallest absolute Gasteiger partial charge is 0.252 e. The van der Waals surface area contributed by atoms with Crippen molar-refractivity contribution in [2.24, 2.45) is 0 Å². The maximum absolute atomic E-state index is 10.2. The van der Waals surface area contributed by atoms with E-state index in [9.17, 15) is 13.7 Å². The molecule has 0 radical (unpaired) electrons. The zero-order chi connectivity index (χ0) is 87.1. The van der Waals surface area contributed by atoms with Gasteiger partial charge < -0.3 is 23.4 Å². The average Bonchev–Trinajstić information content (AvgIpc) is 1.68. The van der Waals surface area contributed by atoms with Gasteiger partial charge in [-0.1, -0.05) is 304 Å². The van der Waals surface area contributed by atoms with Gasteiger partial charge in [-0.05, 0) is 207 Å². The summed E-state index contributed by atoms with van der Waals surface area (Å²) in [5.74, 6) is 0. The van der Waals surface area contributed by atoms with Gasteiger partial charge in [0.15, 0.2) is 11.2 Å². The molecule has 6 heteroatoms. The minimum absolute atomic E-state index is 0.00758. The summed E-state index contributed by atoms with van der Waals surface area (Å²) in [7, 11) is 0. The molecule has 0 atom stereocenters. The molecule has 17 aromatic rings. The van der Waals surface area contributed by atoms with E-state index >= 15 is 0 Å². The molecule has 0 amide bonds. The third-order valence-electron chi connectivity index (χ3n) is 22.9. The van der Waals surface area contributed by atoms with E-state index in [4.69, 9.17) is 8.53 Å². The van der Waals surface area contributed by atoms with Crippen LogP contribution in [0.2, 0.25) is 0 Å². The van der Waals surface area contributed by atoms with E-state index in [1.807, 2.05) is 48.5 Å². The van der Waals surface area contributed by atoms with Crippen molar-refractivity contribution in [2.45, 2.75) is 131 Å². The average molecular weight is 1440 g/mol. The molecule has 0 spiro atoms. The van der Waals surface area contributed by atoms with Gasteiger partial charge in [-0.2, -0.15) is 0 Å². The van der Waals surface area contributed by atoms with Crippen molar-refractivity contribution >= 4 is 123 Å². The normalized spacial score (nSPS) is 15.0. The molecule has 538 valence electrons. The third-order valence-corrected chi connectivity index (χ3v) is 22.9. The van der Waals surface area contributed by atoms with Crippen LogP contribution in [-0.4, -0.2) is 15.8 Å². The zero-order valence-corrected chi connectivity index (χ0v) is 65.0. The predicted octanol–water partition coefficient (Wildman–Crippen LogP) is 27.0.